The van der Waals surface area contributed by atoms with Gasteiger partial charge in [0, 0.05) is 57.3 Å². The molecule has 0 bridgehead atoms. The van der Waals surface area contributed by atoms with Crippen molar-refractivity contribution in [2.75, 3.05) is 39.3 Å². The predicted octanol–water partition coefficient (Wildman–Crippen LogP) is 2.25. The summed E-state index contributed by atoms with van der Waals surface area (Å²) >= 11 is 0. The Bertz CT molecular complexity index is 645. The van der Waals surface area contributed by atoms with Crippen LogP contribution in [0.5, 0.6) is 0 Å². The van der Waals surface area contributed by atoms with E-state index in [9.17, 15) is 14.4 Å². The monoisotopic (exact) mass is 359 g/mol. The summed E-state index contributed by atoms with van der Waals surface area (Å²) in [4.78, 5) is 42.3. The summed E-state index contributed by atoms with van der Waals surface area (Å²) in [5.41, 5.74) is 1.08. The van der Waals surface area contributed by atoms with Crippen molar-refractivity contribution < 1.29 is 14.4 Å². The lowest BCUT2D eigenvalue weighted by molar-refractivity contribution is -0.130. The van der Waals surface area contributed by atoms with Crippen LogP contribution in [0.2, 0.25) is 0 Å². The summed E-state index contributed by atoms with van der Waals surface area (Å²) in [6.45, 7) is 9.25. The van der Waals surface area contributed by atoms with Crippen LogP contribution in [0.15, 0.2) is 24.3 Å². The maximum atomic E-state index is 12.8. The average Bonchev–Trinajstić information content (AvgIpc) is 2.67. The topological polar surface area (TPSA) is 60.9 Å². The molecule has 6 heteroatoms. The highest BCUT2D eigenvalue weighted by Gasteiger charge is 2.24. The lowest BCUT2D eigenvalue weighted by Gasteiger charge is -2.34. The zero-order chi connectivity index (χ0) is 19.1. The number of hydrogen-bond acceptors (Lipinski definition) is 3. The van der Waals surface area contributed by atoms with Gasteiger partial charge in [-0.2, -0.15) is 0 Å². The van der Waals surface area contributed by atoms with Crippen LogP contribution >= 0.6 is 0 Å². The Kier molecular flexibility index (Phi) is 7.18. The van der Waals surface area contributed by atoms with E-state index in [-0.39, 0.29) is 17.7 Å². The summed E-state index contributed by atoms with van der Waals surface area (Å²) in [7, 11) is 0. The first-order valence-corrected chi connectivity index (χ1v) is 9.42. The van der Waals surface area contributed by atoms with Crippen molar-refractivity contribution >= 4 is 17.7 Å². The van der Waals surface area contributed by atoms with Crippen molar-refractivity contribution in [1.29, 1.82) is 0 Å². The van der Waals surface area contributed by atoms with E-state index in [2.05, 4.69) is 13.8 Å². The van der Waals surface area contributed by atoms with Crippen molar-refractivity contribution in [2.24, 2.45) is 0 Å². The van der Waals surface area contributed by atoms with Gasteiger partial charge in [0.25, 0.3) is 11.8 Å². The van der Waals surface area contributed by atoms with Gasteiger partial charge in [0.15, 0.2) is 0 Å². The van der Waals surface area contributed by atoms with Gasteiger partial charge in [-0.3, -0.25) is 14.4 Å². The van der Waals surface area contributed by atoms with Crippen molar-refractivity contribution in [1.82, 2.24) is 14.7 Å². The molecule has 2 rings (SSSR count). The van der Waals surface area contributed by atoms with Gasteiger partial charge in [0.05, 0.1) is 0 Å². The molecule has 0 unspecified atom stereocenters. The Balaban J connectivity index is 2.09. The van der Waals surface area contributed by atoms with Crippen LogP contribution in [-0.4, -0.2) is 71.7 Å². The molecule has 1 aromatic carbocycles. The molecule has 1 heterocycles. The fourth-order valence-electron chi connectivity index (χ4n) is 3.23. The number of benzene rings is 1. The van der Waals surface area contributed by atoms with Crippen LogP contribution < -0.4 is 0 Å². The van der Waals surface area contributed by atoms with E-state index < -0.39 is 0 Å². The van der Waals surface area contributed by atoms with E-state index in [1.165, 1.54) is 0 Å². The van der Waals surface area contributed by atoms with Crippen molar-refractivity contribution in [2.45, 2.75) is 33.6 Å². The van der Waals surface area contributed by atoms with E-state index >= 15 is 0 Å². The van der Waals surface area contributed by atoms with Crippen LogP contribution in [0.3, 0.4) is 0 Å². The van der Waals surface area contributed by atoms with Gasteiger partial charge >= 0.3 is 0 Å². The number of carbonyl (C=O) groups excluding carboxylic acids is 3. The second kappa shape index (κ2) is 9.36. The highest BCUT2D eigenvalue weighted by Crippen LogP contribution is 2.13. The molecule has 1 aliphatic rings. The zero-order valence-electron chi connectivity index (χ0n) is 16.0. The van der Waals surface area contributed by atoms with Crippen LogP contribution in [0, 0.1) is 0 Å². The standard InChI is InChI=1S/C20H29N3O3/c1-4-9-22(10-5-2)19(25)17-7-6-8-18(15-17)20(26)23-13-11-21(12-14-23)16(3)24/h6-8,15H,4-5,9-14H2,1-3H3. The van der Waals surface area contributed by atoms with Gasteiger partial charge < -0.3 is 14.7 Å². The second-order valence-corrected chi connectivity index (χ2v) is 6.67. The summed E-state index contributed by atoms with van der Waals surface area (Å²) < 4.78 is 0. The fourth-order valence-corrected chi connectivity index (χ4v) is 3.23. The molecule has 0 aliphatic carbocycles. The van der Waals surface area contributed by atoms with Gasteiger partial charge in [0.1, 0.15) is 0 Å². The van der Waals surface area contributed by atoms with Crippen LogP contribution in [0.25, 0.3) is 0 Å². The largest absolute Gasteiger partial charge is 0.339 e. The third-order valence-corrected chi connectivity index (χ3v) is 4.64. The molecule has 0 saturated carbocycles. The first-order valence-electron chi connectivity index (χ1n) is 9.42. The van der Waals surface area contributed by atoms with Gasteiger partial charge in [-0.05, 0) is 31.0 Å². The minimum atomic E-state index is -0.0830. The van der Waals surface area contributed by atoms with E-state index in [0.29, 0.717) is 37.3 Å². The lowest BCUT2D eigenvalue weighted by atomic mass is 10.1. The van der Waals surface area contributed by atoms with Gasteiger partial charge in [0.2, 0.25) is 5.91 Å². The zero-order valence-corrected chi connectivity index (χ0v) is 16.0. The predicted molar refractivity (Wildman–Crippen MR) is 101 cm³/mol. The second-order valence-electron chi connectivity index (χ2n) is 6.67. The van der Waals surface area contributed by atoms with Gasteiger partial charge in [-0.15, -0.1) is 0 Å². The maximum absolute atomic E-state index is 12.8. The van der Waals surface area contributed by atoms with Crippen molar-refractivity contribution in [3.8, 4) is 0 Å². The lowest BCUT2D eigenvalue weighted by Crippen LogP contribution is -2.50. The van der Waals surface area contributed by atoms with Crippen LogP contribution in [-0.2, 0) is 4.79 Å². The molecule has 0 atom stereocenters. The number of piperazine rings is 1. The molecule has 1 saturated heterocycles. The SMILES string of the molecule is CCCN(CCC)C(=O)c1cccc(C(=O)N2CCN(C(C)=O)CC2)c1. The molecule has 6 nitrogen and oxygen atoms in total. The molecule has 1 aliphatic heterocycles. The Morgan fingerprint density at radius 1 is 0.923 bits per heavy atom. The van der Waals surface area contributed by atoms with Crippen LogP contribution in [0.1, 0.15) is 54.3 Å². The van der Waals surface area contributed by atoms with Gasteiger partial charge in [-0.1, -0.05) is 19.9 Å². The quantitative estimate of drug-likeness (QED) is 0.783. The Morgan fingerprint density at radius 3 is 2.00 bits per heavy atom. The molecule has 142 valence electrons. The third kappa shape index (κ3) is 4.84. The Labute approximate surface area is 155 Å². The van der Waals surface area contributed by atoms with Gasteiger partial charge in [-0.25, -0.2) is 0 Å². The summed E-state index contributed by atoms with van der Waals surface area (Å²) in [5.74, 6) is -0.0678. The number of amides is 3. The van der Waals surface area contributed by atoms with E-state index in [1.807, 2.05) is 4.90 Å². The first kappa shape index (κ1) is 19.9. The highest BCUT2D eigenvalue weighted by atomic mass is 16.2. The first-order chi connectivity index (χ1) is 12.5. The summed E-state index contributed by atoms with van der Waals surface area (Å²) in [6.07, 6.45) is 1.82. The normalized spacial score (nSPS) is 14.3. The fraction of sp³-hybridized carbons (Fsp3) is 0.550. The Morgan fingerprint density at radius 2 is 1.46 bits per heavy atom. The van der Waals surface area contributed by atoms with E-state index in [4.69, 9.17) is 0 Å². The summed E-state index contributed by atoms with van der Waals surface area (Å²) in [5, 5.41) is 0. The minimum Gasteiger partial charge on any atom is -0.339 e. The molecule has 0 N–H and O–H groups in total. The Hall–Kier alpha value is -2.37. The van der Waals surface area contributed by atoms with E-state index in [1.54, 1.807) is 41.0 Å². The summed E-state index contributed by atoms with van der Waals surface area (Å²) in [6, 6.07) is 6.98. The molecule has 0 aromatic heterocycles. The number of nitrogens with zero attached hydrogens (tertiary/aromatic N) is 3. The molecule has 1 fully saturated rings. The molecule has 26 heavy (non-hydrogen) atoms. The number of rotatable bonds is 6. The maximum Gasteiger partial charge on any atom is 0.253 e. The molecule has 1 aromatic rings. The molecular formula is C20H29N3O3. The molecule has 0 radical (unpaired) electrons. The third-order valence-electron chi connectivity index (χ3n) is 4.64. The smallest absolute Gasteiger partial charge is 0.253 e. The van der Waals surface area contributed by atoms with Crippen molar-refractivity contribution in [3.63, 3.8) is 0 Å². The number of carbonyl (C=O) groups is 3. The average molecular weight is 359 g/mol. The highest BCUT2D eigenvalue weighted by molar-refractivity contribution is 5.99. The van der Waals surface area contributed by atoms with E-state index in [0.717, 1.165) is 25.9 Å². The molecular weight excluding hydrogens is 330 g/mol. The molecule has 3 amide bonds. The molecule has 0 spiro atoms. The van der Waals surface area contributed by atoms with Crippen LogP contribution in [0.4, 0.5) is 0 Å². The van der Waals surface area contributed by atoms with Crippen molar-refractivity contribution in [3.05, 3.63) is 35.4 Å². The minimum absolute atomic E-state index is 0.0234. The number of hydrogen-bond donors (Lipinski definition) is 0.